The Morgan fingerprint density at radius 3 is 2.75 bits per heavy atom. The Balaban J connectivity index is 2.91. The van der Waals surface area contributed by atoms with E-state index in [4.69, 9.17) is 5.84 Å². The third-order valence-electron chi connectivity index (χ3n) is 2.21. The first kappa shape index (κ1) is 12.4. The summed E-state index contributed by atoms with van der Waals surface area (Å²) >= 11 is 0. The lowest BCUT2D eigenvalue weighted by Gasteiger charge is -2.33. The van der Waals surface area contributed by atoms with Crippen molar-refractivity contribution in [2.75, 3.05) is 6.54 Å². The van der Waals surface area contributed by atoms with Gasteiger partial charge >= 0.3 is 0 Å². The Morgan fingerprint density at radius 2 is 2.25 bits per heavy atom. The molecule has 0 aromatic carbocycles. The predicted octanol–water partition coefficient (Wildman–Crippen LogP) is -1.44. The Kier molecular flexibility index (Phi) is 3.83. The Labute approximate surface area is 94.0 Å². The zero-order chi connectivity index (χ0) is 12.3. The van der Waals surface area contributed by atoms with E-state index >= 15 is 0 Å². The van der Waals surface area contributed by atoms with Crippen LogP contribution >= 0.6 is 0 Å². The van der Waals surface area contributed by atoms with Crippen molar-refractivity contribution in [3.63, 3.8) is 0 Å². The zero-order valence-electron chi connectivity index (χ0n) is 9.65. The Morgan fingerprint density at radius 1 is 1.62 bits per heavy atom. The summed E-state index contributed by atoms with van der Waals surface area (Å²) in [6.07, 6.45) is 0. The normalized spacial score (nSPS) is 22.4. The van der Waals surface area contributed by atoms with Gasteiger partial charge in [0, 0.05) is 6.04 Å². The first-order valence-corrected chi connectivity index (χ1v) is 5.10. The minimum Gasteiger partial charge on any atom is -0.321 e. The minimum absolute atomic E-state index is 0.0262. The molecule has 1 aliphatic rings. The van der Waals surface area contributed by atoms with Gasteiger partial charge in [0.2, 0.25) is 17.8 Å². The van der Waals surface area contributed by atoms with Gasteiger partial charge in [0.05, 0.1) is 0 Å². The summed E-state index contributed by atoms with van der Waals surface area (Å²) in [7, 11) is 0. The highest BCUT2D eigenvalue weighted by Gasteiger charge is 2.32. The van der Waals surface area contributed by atoms with Crippen LogP contribution in [0.15, 0.2) is 4.99 Å². The fraction of sp³-hybridized carbons (Fsp3) is 0.667. The minimum atomic E-state index is -0.466. The van der Waals surface area contributed by atoms with Crippen molar-refractivity contribution >= 4 is 17.8 Å². The number of nitrogens with one attached hydrogen (secondary N) is 2. The molecule has 4 N–H and O–H groups in total. The van der Waals surface area contributed by atoms with Crippen LogP contribution in [0.1, 0.15) is 20.8 Å². The van der Waals surface area contributed by atoms with Gasteiger partial charge < -0.3 is 4.90 Å². The van der Waals surface area contributed by atoms with Crippen molar-refractivity contribution in [3.8, 4) is 0 Å². The third kappa shape index (κ3) is 2.69. The van der Waals surface area contributed by atoms with E-state index in [9.17, 15) is 9.59 Å². The van der Waals surface area contributed by atoms with E-state index in [1.165, 1.54) is 0 Å². The first-order valence-electron chi connectivity index (χ1n) is 5.10. The molecule has 0 aromatic heterocycles. The maximum Gasteiger partial charge on any atom is 0.249 e. The lowest BCUT2D eigenvalue weighted by molar-refractivity contribution is -0.137. The number of carbonyl (C=O) groups excluding carboxylic acids is 2. The van der Waals surface area contributed by atoms with Gasteiger partial charge in [-0.3, -0.25) is 20.3 Å². The van der Waals surface area contributed by atoms with Crippen molar-refractivity contribution in [1.82, 2.24) is 15.6 Å². The summed E-state index contributed by atoms with van der Waals surface area (Å²) in [6, 6.07) is -0.440. The second-order valence-electron chi connectivity index (χ2n) is 3.91. The highest BCUT2D eigenvalue weighted by Crippen LogP contribution is 2.05. The number of aliphatic imine (C=N–C) groups is 1. The van der Waals surface area contributed by atoms with Crippen LogP contribution in [0.25, 0.3) is 0 Å². The number of piperazine rings is 1. The van der Waals surface area contributed by atoms with Gasteiger partial charge in [-0.15, -0.1) is 0 Å². The molecule has 1 rings (SSSR count). The summed E-state index contributed by atoms with van der Waals surface area (Å²) in [4.78, 5) is 28.4. The van der Waals surface area contributed by atoms with Gasteiger partial charge in [-0.25, -0.2) is 10.8 Å². The number of amides is 2. The molecular formula is C9H17N5O2. The van der Waals surface area contributed by atoms with Gasteiger partial charge in [0.25, 0.3) is 0 Å². The Bertz CT molecular complexity index is 326. The van der Waals surface area contributed by atoms with E-state index in [-0.39, 0.29) is 24.4 Å². The number of hydrazine groups is 1. The molecule has 16 heavy (non-hydrogen) atoms. The monoisotopic (exact) mass is 227 g/mol. The summed E-state index contributed by atoms with van der Waals surface area (Å²) < 4.78 is 0. The lowest BCUT2D eigenvalue weighted by Crippen LogP contribution is -2.62. The second kappa shape index (κ2) is 4.93. The van der Waals surface area contributed by atoms with E-state index in [2.05, 4.69) is 15.7 Å². The van der Waals surface area contributed by atoms with Crippen molar-refractivity contribution < 1.29 is 9.59 Å². The molecule has 1 unspecified atom stereocenters. The quantitative estimate of drug-likeness (QED) is 0.167. The van der Waals surface area contributed by atoms with Crippen molar-refractivity contribution in [2.45, 2.75) is 32.9 Å². The second-order valence-corrected chi connectivity index (χ2v) is 3.91. The maximum atomic E-state index is 11.4. The van der Waals surface area contributed by atoms with Crippen LogP contribution in [0.3, 0.4) is 0 Å². The van der Waals surface area contributed by atoms with E-state index < -0.39 is 6.04 Å². The topological polar surface area (TPSA) is 99.8 Å². The number of nitrogens with two attached hydrogens (primary N) is 1. The van der Waals surface area contributed by atoms with E-state index in [1.807, 2.05) is 13.8 Å². The molecule has 0 saturated carbocycles. The number of carbonyl (C=O) groups is 2. The molecule has 0 spiro atoms. The zero-order valence-corrected chi connectivity index (χ0v) is 9.65. The maximum absolute atomic E-state index is 11.4. The molecule has 90 valence electrons. The van der Waals surface area contributed by atoms with E-state index in [0.29, 0.717) is 5.96 Å². The van der Waals surface area contributed by atoms with Crippen LogP contribution in [0.2, 0.25) is 0 Å². The highest BCUT2D eigenvalue weighted by atomic mass is 16.2. The van der Waals surface area contributed by atoms with Crippen LogP contribution in [-0.2, 0) is 9.59 Å². The molecule has 1 atom stereocenters. The van der Waals surface area contributed by atoms with Gasteiger partial charge in [-0.1, -0.05) is 0 Å². The van der Waals surface area contributed by atoms with E-state index in [0.717, 1.165) is 0 Å². The summed E-state index contributed by atoms with van der Waals surface area (Å²) in [5, 5.41) is 2.25. The largest absolute Gasteiger partial charge is 0.321 e. The fourth-order valence-corrected chi connectivity index (χ4v) is 1.41. The molecule has 2 amide bonds. The first-order chi connectivity index (χ1) is 7.45. The number of hydrogen-bond acceptors (Lipinski definition) is 4. The standard InChI is InChI=1S/C9H17N5O2/c1-5(2)11-9(13-10)14-4-7(15)12-8(16)6(14)3/h5-6H,4,10H2,1-3H3,(H,11,13)(H,12,15,16). The van der Waals surface area contributed by atoms with Crippen LogP contribution < -0.4 is 16.6 Å². The van der Waals surface area contributed by atoms with Crippen molar-refractivity contribution in [3.05, 3.63) is 0 Å². The van der Waals surface area contributed by atoms with Gasteiger partial charge in [-0.05, 0) is 20.8 Å². The molecule has 0 aromatic rings. The molecule has 7 nitrogen and oxygen atoms in total. The molecule has 0 aliphatic carbocycles. The van der Waals surface area contributed by atoms with Crippen LogP contribution in [0.5, 0.6) is 0 Å². The van der Waals surface area contributed by atoms with Crippen molar-refractivity contribution in [1.29, 1.82) is 0 Å². The van der Waals surface area contributed by atoms with Gasteiger partial charge in [0.1, 0.15) is 12.6 Å². The molecule has 1 fully saturated rings. The Hall–Kier alpha value is -1.63. The average Bonchev–Trinajstić information content (AvgIpc) is 2.20. The molecular weight excluding hydrogens is 210 g/mol. The average molecular weight is 227 g/mol. The lowest BCUT2D eigenvalue weighted by atomic mass is 10.2. The molecule has 1 heterocycles. The van der Waals surface area contributed by atoms with Crippen LogP contribution in [0, 0.1) is 0 Å². The summed E-state index contributed by atoms with van der Waals surface area (Å²) in [5.41, 5.74) is 2.42. The molecule has 1 aliphatic heterocycles. The smallest absolute Gasteiger partial charge is 0.249 e. The van der Waals surface area contributed by atoms with Crippen LogP contribution in [-0.4, -0.2) is 41.3 Å². The number of rotatable bonds is 1. The molecule has 0 radical (unpaired) electrons. The number of imide groups is 1. The SMILES string of the molecule is CC(C)N=C(NN)N1CC(=O)NC(=O)C1C. The summed E-state index contributed by atoms with van der Waals surface area (Å²) in [5.74, 6) is 5.00. The van der Waals surface area contributed by atoms with E-state index in [1.54, 1.807) is 11.8 Å². The van der Waals surface area contributed by atoms with Crippen LogP contribution in [0.4, 0.5) is 0 Å². The molecule has 7 heteroatoms. The number of hydrogen-bond donors (Lipinski definition) is 3. The third-order valence-corrected chi connectivity index (χ3v) is 2.21. The van der Waals surface area contributed by atoms with Gasteiger partial charge in [-0.2, -0.15) is 0 Å². The summed E-state index contributed by atoms with van der Waals surface area (Å²) in [6.45, 7) is 5.53. The van der Waals surface area contributed by atoms with Gasteiger partial charge in [0.15, 0.2) is 0 Å². The van der Waals surface area contributed by atoms with Crippen molar-refractivity contribution in [2.24, 2.45) is 10.8 Å². The molecule has 0 bridgehead atoms. The molecule has 1 saturated heterocycles. The fourth-order valence-electron chi connectivity index (χ4n) is 1.41. The predicted molar refractivity (Wildman–Crippen MR) is 59.2 cm³/mol. The number of nitrogens with zero attached hydrogens (tertiary/aromatic N) is 2. The number of guanidine groups is 1. The highest BCUT2D eigenvalue weighted by molar-refractivity contribution is 6.04.